The molecule has 0 saturated carbocycles. The first kappa shape index (κ1) is 12.7. The lowest BCUT2D eigenvalue weighted by atomic mass is 9.98. The van der Waals surface area contributed by atoms with Gasteiger partial charge in [-0.05, 0) is 11.5 Å². The fourth-order valence-corrected chi connectivity index (χ4v) is 1.64. The Kier molecular flexibility index (Phi) is 4.99. The molecule has 1 rings (SSSR count). The summed E-state index contributed by atoms with van der Waals surface area (Å²) in [5, 5.41) is 3.21. The molecule has 0 spiro atoms. The number of nitrogens with one attached hydrogen (secondary N) is 1. The first-order chi connectivity index (χ1) is 7.65. The van der Waals surface area contributed by atoms with E-state index in [9.17, 15) is 4.79 Å². The van der Waals surface area contributed by atoms with Gasteiger partial charge in [0.05, 0.1) is 6.04 Å². The van der Waals surface area contributed by atoms with Crippen molar-refractivity contribution in [2.45, 2.75) is 32.9 Å². The Morgan fingerprint density at radius 2 is 2.00 bits per heavy atom. The third-order valence-electron chi connectivity index (χ3n) is 2.89. The van der Waals surface area contributed by atoms with Crippen LogP contribution in [0.15, 0.2) is 30.3 Å². The van der Waals surface area contributed by atoms with Crippen molar-refractivity contribution < 1.29 is 4.79 Å². The smallest absolute Gasteiger partial charge is 0.234 e. The van der Waals surface area contributed by atoms with Crippen LogP contribution in [0.5, 0.6) is 0 Å². The van der Waals surface area contributed by atoms with Crippen LogP contribution in [0.1, 0.15) is 25.8 Å². The maximum absolute atomic E-state index is 11.3. The highest BCUT2D eigenvalue weighted by Gasteiger charge is 2.20. The number of primary amides is 1. The summed E-state index contributed by atoms with van der Waals surface area (Å²) < 4.78 is 0. The third kappa shape index (κ3) is 3.66. The average Bonchev–Trinajstić information content (AvgIpc) is 2.30. The quantitative estimate of drug-likeness (QED) is 0.766. The van der Waals surface area contributed by atoms with Crippen LogP contribution in [0.3, 0.4) is 0 Å². The summed E-state index contributed by atoms with van der Waals surface area (Å²) in [7, 11) is 0. The number of carbonyl (C=O) groups is 1. The summed E-state index contributed by atoms with van der Waals surface area (Å²) in [6.45, 7) is 4.77. The molecule has 0 aliphatic heterocycles. The molecule has 3 nitrogen and oxygen atoms in total. The van der Waals surface area contributed by atoms with Crippen LogP contribution in [-0.2, 0) is 11.3 Å². The molecule has 0 heterocycles. The van der Waals surface area contributed by atoms with E-state index in [2.05, 4.69) is 12.2 Å². The summed E-state index contributed by atoms with van der Waals surface area (Å²) in [5.41, 5.74) is 6.54. The van der Waals surface area contributed by atoms with E-state index < -0.39 is 0 Å². The first-order valence-corrected chi connectivity index (χ1v) is 5.71. The Hall–Kier alpha value is -1.35. The number of amides is 1. The minimum atomic E-state index is -0.273. The van der Waals surface area contributed by atoms with Crippen LogP contribution >= 0.6 is 0 Å². The monoisotopic (exact) mass is 220 g/mol. The van der Waals surface area contributed by atoms with E-state index in [4.69, 9.17) is 5.73 Å². The summed E-state index contributed by atoms with van der Waals surface area (Å²) in [6.07, 6.45) is 0.940. The zero-order chi connectivity index (χ0) is 12.0. The molecule has 0 aliphatic rings. The van der Waals surface area contributed by atoms with E-state index in [0.29, 0.717) is 6.54 Å². The van der Waals surface area contributed by atoms with Gasteiger partial charge >= 0.3 is 0 Å². The first-order valence-electron chi connectivity index (χ1n) is 5.71. The predicted molar refractivity (Wildman–Crippen MR) is 65.7 cm³/mol. The summed E-state index contributed by atoms with van der Waals surface area (Å²) in [5.74, 6) is -0.00788. The molecule has 1 aromatic carbocycles. The molecule has 1 aromatic rings. The lowest BCUT2D eigenvalue weighted by Gasteiger charge is -2.21. The molecule has 16 heavy (non-hydrogen) atoms. The van der Waals surface area contributed by atoms with Gasteiger partial charge in [-0.25, -0.2) is 0 Å². The number of carbonyl (C=O) groups excluding carboxylic acids is 1. The van der Waals surface area contributed by atoms with Crippen molar-refractivity contribution in [1.29, 1.82) is 0 Å². The summed E-state index contributed by atoms with van der Waals surface area (Å²) >= 11 is 0. The Balaban J connectivity index is 2.54. The van der Waals surface area contributed by atoms with Crippen LogP contribution in [0, 0.1) is 5.92 Å². The SMILES string of the molecule is CC[C@H](C)[C@H](NCc1ccccc1)C(N)=O. The minimum absolute atomic E-state index is 0.245. The molecule has 2 atom stereocenters. The minimum Gasteiger partial charge on any atom is -0.368 e. The van der Waals surface area contributed by atoms with Crippen molar-refractivity contribution in [2.75, 3.05) is 0 Å². The number of hydrogen-bond donors (Lipinski definition) is 2. The standard InChI is InChI=1S/C13H20N2O/c1-3-10(2)12(13(14)16)15-9-11-7-5-4-6-8-11/h4-8,10,12,15H,3,9H2,1-2H3,(H2,14,16)/t10-,12-/m0/s1. The van der Waals surface area contributed by atoms with Gasteiger partial charge in [0.1, 0.15) is 0 Å². The molecule has 3 heteroatoms. The lowest BCUT2D eigenvalue weighted by molar-refractivity contribution is -0.121. The third-order valence-corrected chi connectivity index (χ3v) is 2.89. The van der Waals surface area contributed by atoms with Crippen LogP contribution in [0.25, 0.3) is 0 Å². The summed E-state index contributed by atoms with van der Waals surface area (Å²) in [4.78, 5) is 11.3. The van der Waals surface area contributed by atoms with Gasteiger partial charge in [0.15, 0.2) is 0 Å². The predicted octanol–water partition coefficient (Wildman–Crippen LogP) is 1.68. The van der Waals surface area contributed by atoms with E-state index >= 15 is 0 Å². The van der Waals surface area contributed by atoms with Gasteiger partial charge in [-0.15, -0.1) is 0 Å². The maximum Gasteiger partial charge on any atom is 0.234 e. The van der Waals surface area contributed by atoms with Gasteiger partial charge in [0.2, 0.25) is 5.91 Å². The maximum atomic E-state index is 11.3. The van der Waals surface area contributed by atoms with E-state index in [1.54, 1.807) is 0 Å². The Morgan fingerprint density at radius 3 is 2.50 bits per heavy atom. The molecule has 0 fully saturated rings. The fourth-order valence-electron chi connectivity index (χ4n) is 1.64. The van der Waals surface area contributed by atoms with Crippen molar-refractivity contribution in [3.8, 4) is 0 Å². The number of rotatable bonds is 6. The van der Waals surface area contributed by atoms with Gasteiger partial charge in [-0.1, -0.05) is 50.6 Å². The van der Waals surface area contributed by atoms with Crippen molar-refractivity contribution in [3.05, 3.63) is 35.9 Å². The molecule has 3 N–H and O–H groups in total. The molecular formula is C13H20N2O. The number of hydrogen-bond acceptors (Lipinski definition) is 2. The highest BCUT2D eigenvalue weighted by molar-refractivity contribution is 5.80. The molecule has 0 bridgehead atoms. The second-order valence-electron chi connectivity index (χ2n) is 4.13. The van der Waals surface area contributed by atoms with Crippen LogP contribution in [0.2, 0.25) is 0 Å². The fraction of sp³-hybridized carbons (Fsp3) is 0.462. The molecule has 0 saturated heterocycles. The van der Waals surface area contributed by atoms with Gasteiger partial charge in [0.25, 0.3) is 0 Å². The second-order valence-corrected chi connectivity index (χ2v) is 4.13. The van der Waals surface area contributed by atoms with Crippen molar-refractivity contribution in [3.63, 3.8) is 0 Å². The van der Waals surface area contributed by atoms with E-state index in [1.165, 1.54) is 0 Å². The number of benzene rings is 1. The van der Waals surface area contributed by atoms with Gasteiger partial charge in [0, 0.05) is 6.54 Å². The van der Waals surface area contributed by atoms with Crippen molar-refractivity contribution in [1.82, 2.24) is 5.32 Å². The Labute approximate surface area is 97.0 Å². The lowest BCUT2D eigenvalue weighted by Crippen LogP contribution is -2.45. The highest BCUT2D eigenvalue weighted by atomic mass is 16.1. The Bertz CT molecular complexity index is 324. The molecule has 0 aliphatic carbocycles. The van der Waals surface area contributed by atoms with Gasteiger partial charge < -0.3 is 11.1 Å². The molecule has 1 amide bonds. The van der Waals surface area contributed by atoms with Crippen molar-refractivity contribution >= 4 is 5.91 Å². The summed E-state index contributed by atoms with van der Waals surface area (Å²) in [6, 6.07) is 9.76. The van der Waals surface area contributed by atoms with Gasteiger partial charge in [-0.3, -0.25) is 4.79 Å². The van der Waals surface area contributed by atoms with E-state index in [-0.39, 0.29) is 17.9 Å². The van der Waals surface area contributed by atoms with E-state index in [0.717, 1.165) is 12.0 Å². The van der Waals surface area contributed by atoms with Crippen LogP contribution in [-0.4, -0.2) is 11.9 Å². The molecule has 0 unspecified atom stereocenters. The van der Waals surface area contributed by atoms with Crippen LogP contribution < -0.4 is 11.1 Å². The molecular weight excluding hydrogens is 200 g/mol. The van der Waals surface area contributed by atoms with Crippen molar-refractivity contribution in [2.24, 2.45) is 11.7 Å². The largest absolute Gasteiger partial charge is 0.368 e. The molecule has 88 valence electrons. The normalized spacial score (nSPS) is 14.4. The second kappa shape index (κ2) is 6.28. The average molecular weight is 220 g/mol. The highest BCUT2D eigenvalue weighted by Crippen LogP contribution is 2.08. The van der Waals surface area contributed by atoms with E-state index in [1.807, 2.05) is 37.3 Å². The number of nitrogens with two attached hydrogens (primary N) is 1. The molecule has 0 aromatic heterocycles. The van der Waals surface area contributed by atoms with Crippen LogP contribution in [0.4, 0.5) is 0 Å². The zero-order valence-electron chi connectivity index (χ0n) is 9.94. The zero-order valence-corrected chi connectivity index (χ0v) is 9.94. The Morgan fingerprint density at radius 1 is 1.38 bits per heavy atom. The van der Waals surface area contributed by atoms with Gasteiger partial charge in [-0.2, -0.15) is 0 Å². The molecule has 0 radical (unpaired) electrons. The topological polar surface area (TPSA) is 55.1 Å².